The van der Waals surface area contributed by atoms with Crippen molar-refractivity contribution in [3.63, 3.8) is 0 Å². The van der Waals surface area contributed by atoms with Crippen LogP contribution in [-0.4, -0.2) is 73.4 Å². The first-order valence-corrected chi connectivity index (χ1v) is 13.9. The van der Waals surface area contributed by atoms with E-state index in [1.165, 1.54) is 10.9 Å². The van der Waals surface area contributed by atoms with E-state index in [0.717, 1.165) is 17.5 Å². The van der Waals surface area contributed by atoms with E-state index in [0.29, 0.717) is 26.2 Å². The van der Waals surface area contributed by atoms with Crippen LogP contribution in [0, 0.1) is 0 Å². The third-order valence-electron chi connectivity index (χ3n) is 7.15. The van der Waals surface area contributed by atoms with E-state index in [1.54, 1.807) is 0 Å². The normalized spacial score (nSPS) is 23.1. The lowest BCUT2D eigenvalue weighted by Gasteiger charge is -2.24. The van der Waals surface area contributed by atoms with Gasteiger partial charge in [-0.2, -0.15) is 0 Å². The molecule has 0 radical (unpaired) electrons. The van der Waals surface area contributed by atoms with E-state index in [9.17, 15) is 9.59 Å². The van der Waals surface area contributed by atoms with Crippen LogP contribution in [0.5, 0.6) is 0 Å². The van der Waals surface area contributed by atoms with Crippen molar-refractivity contribution in [1.29, 1.82) is 0 Å². The van der Waals surface area contributed by atoms with Gasteiger partial charge < -0.3 is 39.9 Å². The van der Waals surface area contributed by atoms with Gasteiger partial charge in [0.1, 0.15) is 18.8 Å². The minimum atomic E-state index is -0.745. The van der Waals surface area contributed by atoms with E-state index in [1.807, 2.05) is 68.6 Å². The zero-order valence-electron chi connectivity index (χ0n) is 23.0. The van der Waals surface area contributed by atoms with Gasteiger partial charge in [0.25, 0.3) is 0 Å². The van der Waals surface area contributed by atoms with Crippen LogP contribution < -0.4 is 16.0 Å². The maximum Gasteiger partial charge on any atom is 0.407 e. The highest BCUT2D eigenvalue weighted by atomic mass is 16.8. The van der Waals surface area contributed by atoms with E-state index >= 15 is 0 Å². The van der Waals surface area contributed by atoms with Crippen LogP contribution in [0.15, 0.2) is 60.8 Å². The largest absolute Gasteiger partial charge is 0.445 e. The monoisotopic (exact) mass is 550 g/mol. The number of fused-ring (bicyclic) bond motifs is 2. The quantitative estimate of drug-likeness (QED) is 0.256. The summed E-state index contributed by atoms with van der Waals surface area (Å²) in [5.41, 5.74) is 3.20. The number of benzene rings is 2. The summed E-state index contributed by atoms with van der Waals surface area (Å²) in [5, 5.41) is 10.2. The van der Waals surface area contributed by atoms with Crippen molar-refractivity contribution in [2.45, 2.75) is 63.5 Å². The molecule has 2 amide bonds. The number of hydrogen-bond acceptors (Lipinski definition) is 7. The summed E-state index contributed by atoms with van der Waals surface area (Å²) >= 11 is 0. The molecule has 4 atom stereocenters. The second-order valence-electron chi connectivity index (χ2n) is 10.6. The highest BCUT2D eigenvalue weighted by Crippen LogP contribution is 2.39. The number of amides is 2. The lowest BCUT2D eigenvalue weighted by molar-refractivity contribution is -0.187. The summed E-state index contributed by atoms with van der Waals surface area (Å²) in [4.78, 5) is 28.0. The molecule has 3 heterocycles. The Kier molecular flexibility index (Phi) is 9.01. The minimum absolute atomic E-state index is 0.0799. The summed E-state index contributed by atoms with van der Waals surface area (Å²) in [6, 6.07) is 17.7. The number of carbonyl (C=O) groups is 2. The molecule has 2 saturated heterocycles. The van der Waals surface area contributed by atoms with E-state index in [4.69, 9.17) is 18.9 Å². The maximum absolute atomic E-state index is 12.8. The first kappa shape index (κ1) is 28.1. The maximum atomic E-state index is 12.8. The van der Waals surface area contributed by atoms with Gasteiger partial charge in [0.2, 0.25) is 5.91 Å². The molecule has 0 unspecified atom stereocenters. The third kappa shape index (κ3) is 7.19. The van der Waals surface area contributed by atoms with Gasteiger partial charge in [0.05, 0.1) is 18.6 Å². The fraction of sp³-hybridized carbons (Fsp3) is 0.467. The lowest BCUT2D eigenvalue weighted by atomic mass is 10.1. The molecule has 5 rings (SSSR count). The average molecular weight is 551 g/mol. The molecule has 2 aromatic carbocycles. The first-order chi connectivity index (χ1) is 19.4. The predicted molar refractivity (Wildman–Crippen MR) is 150 cm³/mol. The lowest BCUT2D eigenvalue weighted by Crippen LogP contribution is -2.40. The Morgan fingerprint density at radius 1 is 0.925 bits per heavy atom. The molecular weight excluding hydrogens is 512 g/mol. The molecule has 10 heteroatoms. The smallest absolute Gasteiger partial charge is 0.407 e. The Balaban J connectivity index is 1.03. The fourth-order valence-electron chi connectivity index (χ4n) is 5.30. The molecule has 2 aliphatic heterocycles. The molecule has 0 aliphatic carbocycles. The van der Waals surface area contributed by atoms with Crippen LogP contribution in [0.25, 0.3) is 10.9 Å². The van der Waals surface area contributed by atoms with E-state index < -0.39 is 18.0 Å². The minimum Gasteiger partial charge on any atom is -0.445 e. The topological polar surface area (TPSA) is 123 Å². The van der Waals surface area contributed by atoms with Crippen molar-refractivity contribution >= 4 is 22.9 Å². The molecular formula is C30H38N4O6. The molecule has 214 valence electrons. The van der Waals surface area contributed by atoms with Gasteiger partial charge in [-0.05, 0) is 37.5 Å². The van der Waals surface area contributed by atoms with E-state index in [-0.39, 0.29) is 37.2 Å². The number of alkyl carbamates (subject to hydrolysis) is 1. The van der Waals surface area contributed by atoms with Crippen molar-refractivity contribution in [3.8, 4) is 0 Å². The van der Waals surface area contributed by atoms with Crippen LogP contribution >= 0.6 is 0 Å². The number of nitrogens with one attached hydrogen (secondary N) is 4. The summed E-state index contributed by atoms with van der Waals surface area (Å²) in [5.74, 6) is -0.824. The number of ether oxygens (including phenoxy) is 4. The van der Waals surface area contributed by atoms with Crippen molar-refractivity contribution < 1.29 is 28.5 Å². The summed E-state index contributed by atoms with van der Waals surface area (Å²) < 4.78 is 23.7. The molecule has 40 heavy (non-hydrogen) atoms. The van der Waals surface area contributed by atoms with Gasteiger partial charge in [0, 0.05) is 43.3 Å². The van der Waals surface area contributed by atoms with Gasteiger partial charge in [-0.25, -0.2) is 4.79 Å². The van der Waals surface area contributed by atoms with Crippen LogP contribution in [0.4, 0.5) is 4.79 Å². The van der Waals surface area contributed by atoms with Gasteiger partial charge in [-0.1, -0.05) is 48.5 Å². The molecule has 0 bridgehead atoms. The second kappa shape index (κ2) is 12.8. The highest BCUT2D eigenvalue weighted by molar-refractivity contribution is 5.83. The standard InChI is InChI=1S/C30H38N4O6/c1-30(2)39-27-24(16-26(35)32-13-12-21-17-34-23-11-7-6-10-22(21)23)38-25(28(27)40-30)18-31-14-15-33-29(36)37-19-20-8-4-3-5-9-20/h3-11,17,24-25,27-28,31,34H,12-16,18-19H2,1-2H3,(H,32,35)(H,33,36)/t24-,25+,27+,28-/m1/s1. The number of rotatable bonds is 12. The van der Waals surface area contributed by atoms with Gasteiger partial charge in [-0.3, -0.25) is 4.79 Å². The zero-order valence-corrected chi connectivity index (χ0v) is 23.0. The van der Waals surface area contributed by atoms with Crippen molar-refractivity contribution in [2.24, 2.45) is 0 Å². The third-order valence-corrected chi connectivity index (χ3v) is 7.15. The van der Waals surface area contributed by atoms with Crippen LogP contribution in [0.1, 0.15) is 31.4 Å². The Morgan fingerprint density at radius 2 is 1.68 bits per heavy atom. The Labute approximate surface area is 234 Å². The molecule has 2 fully saturated rings. The fourth-order valence-corrected chi connectivity index (χ4v) is 5.30. The predicted octanol–water partition coefficient (Wildman–Crippen LogP) is 3.02. The van der Waals surface area contributed by atoms with Crippen LogP contribution in [0.3, 0.4) is 0 Å². The Bertz CT molecular complexity index is 1280. The molecule has 4 N–H and O–H groups in total. The number of aromatic amines is 1. The van der Waals surface area contributed by atoms with Crippen molar-refractivity contribution in [2.75, 3.05) is 26.2 Å². The number of hydrogen-bond donors (Lipinski definition) is 4. The number of para-hydroxylation sites is 1. The van der Waals surface area contributed by atoms with Gasteiger partial charge >= 0.3 is 6.09 Å². The molecule has 0 saturated carbocycles. The zero-order chi connectivity index (χ0) is 28.0. The number of aromatic nitrogens is 1. The van der Waals surface area contributed by atoms with Crippen molar-refractivity contribution in [3.05, 3.63) is 71.9 Å². The summed E-state index contributed by atoms with van der Waals surface area (Å²) in [6.45, 7) is 5.94. The number of carbonyl (C=O) groups excluding carboxylic acids is 2. The first-order valence-electron chi connectivity index (χ1n) is 13.9. The van der Waals surface area contributed by atoms with E-state index in [2.05, 4.69) is 27.0 Å². The number of H-pyrrole nitrogens is 1. The highest BCUT2D eigenvalue weighted by Gasteiger charge is 2.55. The molecule has 0 spiro atoms. The molecule has 2 aliphatic rings. The molecule has 3 aromatic rings. The van der Waals surface area contributed by atoms with Gasteiger partial charge in [0.15, 0.2) is 5.79 Å². The van der Waals surface area contributed by atoms with Gasteiger partial charge in [-0.15, -0.1) is 0 Å². The second-order valence-corrected chi connectivity index (χ2v) is 10.6. The van der Waals surface area contributed by atoms with Crippen LogP contribution in [-0.2, 0) is 36.8 Å². The van der Waals surface area contributed by atoms with Crippen molar-refractivity contribution in [1.82, 2.24) is 20.9 Å². The SMILES string of the molecule is CC1(C)O[C@@H]2[C@H](O1)[C@H](CNCCNC(=O)OCc1ccccc1)O[C@@H]2CC(=O)NCCc1c[nH]c2ccccc12. The molecule has 1 aromatic heterocycles. The summed E-state index contributed by atoms with van der Waals surface area (Å²) in [6.07, 6.45) is 1.17. The molecule has 10 nitrogen and oxygen atoms in total. The Morgan fingerprint density at radius 3 is 2.50 bits per heavy atom. The summed E-state index contributed by atoms with van der Waals surface area (Å²) in [7, 11) is 0. The van der Waals surface area contributed by atoms with Crippen LogP contribution in [0.2, 0.25) is 0 Å². The Hall–Kier alpha value is -3.44. The average Bonchev–Trinajstić information content (AvgIpc) is 3.59.